The maximum absolute atomic E-state index is 12.3. The first kappa shape index (κ1) is 16.5. The number of rotatable bonds is 7. The lowest BCUT2D eigenvalue weighted by atomic mass is 10.1. The highest BCUT2D eigenvalue weighted by atomic mass is 32.2. The topological polar surface area (TPSA) is 74.6 Å². The molecule has 1 aliphatic heterocycles. The van der Waals surface area contributed by atoms with Gasteiger partial charge in [-0.05, 0) is 58.1 Å². The van der Waals surface area contributed by atoms with Crippen LogP contribution in [0.25, 0.3) is 0 Å². The second kappa shape index (κ2) is 7.40. The van der Waals surface area contributed by atoms with Crippen molar-refractivity contribution in [3.05, 3.63) is 17.9 Å². The van der Waals surface area contributed by atoms with Crippen LogP contribution in [-0.4, -0.2) is 46.0 Å². The zero-order valence-electron chi connectivity index (χ0n) is 12.8. The van der Waals surface area contributed by atoms with Crippen LogP contribution in [0.5, 0.6) is 0 Å². The summed E-state index contributed by atoms with van der Waals surface area (Å²) in [6.45, 7) is 5.35. The van der Waals surface area contributed by atoms with Gasteiger partial charge in [0.25, 0.3) is 10.0 Å². The molecule has 0 aromatic carbocycles. The minimum atomic E-state index is -3.55. The molecular weight excluding hydrogens is 290 g/mol. The fraction of sp³-hybridized carbons (Fsp3) is 0.714. The molecule has 6 nitrogen and oxygen atoms in total. The molecule has 0 aliphatic carbocycles. The van der Waals surface area contributed by atoms with Crippen LogP contribution in [0.2, 0.25) is 0 Å². The van der Waals surface area contributed by atoms with Crippen molar-refractivity contribution < 1.29 is 12.8 Å². The average molecular weight is 315 g/mol. The van der Waals surface area contributed by atoms with E-state index in [1.807, 2.05) is 7.05 Å². The highest BCUT2D eigenvalue weighted by Gasteiger charge is 2.25. The van der Waals surface area contributed by atoms with Crippen molar-refractivity contribution in [2.24, 2.45) is 0 Å². The van der Waals surface area contributed by atoms with Gasteiger partial charge >= 0.3 is 0 Å². The Hall–Kier alpha value is -0.890. The van der Waals surface area contributed by atoms with Crippen molar-refractivity contribution in [3.63, 3.8) is 0 Å². The molecule has 2 N–H and O–H groups in total. The minimum absolute atomic E-state index is 0.00188. The van der Waals surface area contributed by atoms with E-state index in [4.69, 9.17) is 4.42 Å². The standard InChI is InChI=1S/C14H25N3O3S/c1-3-8-15-11-13-4-5-14(20-13)21(18,19)16-12-6-9-17(2)10-7-12/h4-5,12,15-16H,3,6-11H2,1-2H3. The highest BCUT2D eigenvalue weighted by Crippen LogP contribution is 2.17. The van der Waals surface area contributed by atoms with E-state index in [2.05, 4.69) is 21.9 Å². The molecule has 1 saturated heterocycles. The molecule has 0 amide bonds. The molecule has 1 aliphatic rings. The van der Waals surface area contributed by atoms with Crippen molar-refractivity contribution in [1.82, 2.24) is 14.9 Å². The van der Waals surface area contributed by atoms with Crippen LogP contribution in [0, 0.1) is 0 Å². The fourth-order valence-corrected chi connectivity index (χ4v) is 3.64. The summed E-state index contributed by atoms with van der Waals surface area (Å²) in [7, 11) is -1.50. The van der Waals surface area contributed by atoms with Gasteiger partial charge in [-0.25, -0.2) is 13.1 Å². The summed E-state index contributed by atoms with van der Waals surface area (Å²) in [5.41, 5.74) is 0. The van der Waals surface area contributed by atoms with Crippen molar-refractivity contribution in [1.29, 1.82) is 0 Å². The van der Waals surface area contributed by atoms with E-state index >= 15 is 0 Å². The lowest BCUT2D eigenvalue weighted by molar-refractivity contribution is 0.247. The number of hydrogen-bond acceptors (Lipinski definition) is 5. The van der Waals surface area contributed by atoms with Gasteiger partial charge in [0, 0.05) is 6.04 Å². The number of nitrogens with one attached hydrogen (secondary N) is 2. The Kier molecular flexibility index (Phi) is 5.80. The number of furan rings is 1. The van der Waals surface area contributed by atoms with Crippen LogP contribution >= 0.6 is 0 Å². The first-order valence-corrected chi connectivity index (χ1v) is 9.00. The summed E-state index contributed by atoms with van der Waals surface area (Å²) in [6.07, 6.45) is 2.70. The van der Waals surface area contributed by atoms with Crippen molar-refractivity contribution in [2.45, 2.75) is 43.9 Å². The molecule has 0 unspecified atom stereocenters. The predicted octanol–water partition coefficient (Wildman–Crippen LogP) is 1.15. The summed E-state index contributed by atoms with van der Waals surface area (Å²) in [5, 5.41) is 3.20. The monoisotopic (exact) mass is 315 g/mol. The summed E-state index contributed by atoms with van der Waals surface area (Å²) >= 11 is 0. The van der Waals surface area contributed by atoms with Gasteiger partial charge in [0.15, 0.2) is 0 Å². The molecular formula is C14H25N3O3S. The van der Waals surface area contributed by atoms with Gasteiger partial charge in [-0.3, -0.25) is 0 Å². The largest absolute Gasteiger partial charge is 0.447 e. The van der Waals surface area contributed by atoms with Crippen molar-refractivity contribution >= 4 is 10.0 Å². The number of nitrogens with zero attached hydrogens (tertiary/aromatic N) is 1. The van der Waals surface area contributed by atoms with E-state index < -0.39 is 10.0 Å². The number of sulfonamides is 1. The van der Waals surface area contributed by atoms with Gasteiger partial charge in [0.1, 0.15) is 5.76 Å². The van der Waals surface area contributed by atoms with E-state index in [0.29, 0.717) is 12.3 Å². The van der Waals surface area contributed by atoms with E-state index in [1.165, 1.54) is 6.07 Å². The molecule has 1 fully saturated rings. The second-order valence-corrected chi connectivity index (χ2v) is 7.24. The van der Waals surface area contributed by atoms with Crippen molar-refractivity contribution in [3.8, 4) is 0 Å². The average Bonchev–Trinajstić information content (AvgIpc) is 2.91. The zero-order chi connectivity index (χ0) is 15.3. The van der Waals surface area contributed by atoms with Crippen LogP contribution in [0.3, 0.4) is 0 Å². The Labute approximate surface area is 126 Å². The maximum atomic E-state index is 12.3. The van der Waals surface area contributed by atoms with E-state index in [-0.39, 0.29) is 11.1 Å². The Morgan fingerprint density at radius 2 is 2.05 bits per heavy atom. The van der Waals surface area contributed by atoms with Crippen LogP contribution < -0.4 is 10.0 Å². The summed E-state index contributed by atoms with van der Waals surface area (Å²) in [4.78, 5) is 2.20. The molecule has 0 atom stereocenters. The molecule has 21 heavy (non-hydrogen) atoms. The Balaban J connectivity index is 1.93. The van der Waals surface area contributed by atoms with Gasteiger partial charge < -0.3 is 14.6 Å². The SMILES string of the molecule is CCCNCc1ccc(S(=O)(=O)NC2CCN(C)CC2)o1. The van der Waals surface area contributed by atoms with Gasteiger partial charge in [-0.2, -0.15) is 0 Å². The molecule has 2 heterocycles. The number of likely N-dealkylation sites (tertiary alicyclic amines) is 1. The lowest BCUT2D eigenvalue weighted by Gasteiger charge is -2.28. The van der Waals surface area contributed by atoms with Crippen LogP contribution in [-0.2, 0) is 16.6 Å². The molecule has 1 aromatic heterocycles. The fourth-order valence-electron chi connectivity index (χ4n) is 2.39. The lowest BCUT2D eigenvalue weighted by Crippen LogP contribution is -2.43. The quantitative estimate of drug-likeness (QED) is 0.738. The maximum Gasteiger partial charge on any atom is 0.274 e. The van der Waals surface area contributed by atoms with E-state index in [1.54, 1.807) is 6.07 Å². The third-order valence-corrected chi connectivity index (χ3v) is 5.06. The van der Waals surface area contributed by atoms with Crippen LogP contribution in [0.1, 0.15) is 31.9 Å². The minimum Gasteiger partial charge on any atom is -0.447 e. The first-order chi connectivity index (χ1) is 10.0. The van der Waals surface area contributed by atoms with Gasteiger partial charge in [0.05, 0.1) is 6.54 Å². The molecule has 0 saturated carbocycles. The Morgan fingerprint density at radius 3 is 2.71 bits per heavy atom. The van der Waals surface area contributed by atoms with Crippen LogP contribution in [0.4, 0.5) is 0 Å². The second-order valence-electron chi connectivity index (χ2n) is 5.60. The third-order valence-electron chi connectivity index (χ3n) is 3.67. The third kappa shape index (κ3) is 4.81. The highest BCUT2D eigenvalue weighted by molar-refractivity contribution is 7.89. The van der Waals surface area contributed by atoms with Gasteiger partial charge in [-0.15, -0.1) is 0 Å². The van der Waals surface area contributed by atoms with Crippen molar-refractivity contribution in [2.75, 3.05) is 26.7 Å². The zero-order valence-corrected chi connectivity index (χ0v) is 13.6. The van der Waals surface area contributed by atoms with Gasteiger partial charge in [-0.1, -0.05) is 6.92 Å². The normalized spacial score (nSPS) is 18.2. The Bertz CT molecular complexity index is 533. The molecule has 2 rings (SSSR count). The summed E-state index contributed by atoms with van der Waals surface area (Å²) in [6, 6.07) is 3.24. The number of piperidine rings is 1. The first-order valence-electron chi connectivity index (χ1n) is 7.51. The molecule has 0 spiro atoms. The summed E-state index contributed by atoms with van der Waals surface area (Å²) < 4.78 is 32.8. The molecule has 7 heteroatoms. The number of hydrogen-bond donors (Lipinski definition) is 2. The van der Waals surface area contributed by atoms with E-state index in [0.717, 1.165) is 38.9 Å². The molecule has 120 valence electrons. The van der Waals surface area contributed by atoms with Crippen LogP contribution in [0.15, 0.2) is 21.6 Å². The molecule has 0 bridgehead atoms. The van der Waals surface area contributed by atoms with E-state index in [9.17, 15) is 8.42 Å². The van der Waals surface area contributed by atoms with Gasteiger partial charge in [0.2, 0.25) is 5.09 Å². The molecule has 0 radical (unpaired) electrons. The Morgan fingerprint density at radius 1 is 1.33 bits per heavy atom. The molecule has 1 aromatic rings. The summed E-state index contributed by atoms with van der Waals surface area (Å²) in [5.74, 6) is 0.646. The smallest absolute Gasteiger partial charge is 0.274 e. The predicted molar refractivity (Wildman–Crippen MR) is 81.5 cm³/mol.